The van der Waals surface area contributed by atoms with Crippen LogP contribution in [0.1, 0.15) is 12.0 Å². The van der Waals surface area contributed by atoms with E-state index >= 15 is 0 Å². The molecule has 0 aliphatic carbocycles. The molecule has 0 amide bonds. The molecule has 0 radical (unpaired) electrons. The minimum atomic E-state index is 0.545. The summed E-state index contributed by atoms with van der Waals surface area (Å²) in [5.41, 5.74) is 4.09. The van der Waals surface area contributed by atoms with Crippen LogP contribution in [0.3, 0.4) is 0 Å². The van der Waals surface area contributed by atoms with Crippen molar-refractivity contribution in [2.75, 3.05) is 20.1 Å². The Balaban J connectivity index is 1.64. The Kier molecular flexibility index (Phi) is 3.40. The van der Waals surface area contributed by atoms with E-state index in [-0.39, 0.29) is 0 Å². The summed E-state index contributed by atoms with van der Waals surface area (Å²) in [5, 5.41) is 0. The van der Waals surface area contributed by atoms with E-state index < -0.39 is 0 Å². The lowest BCUT2D eigenvalue weighted by molar-refractivity contribution is 0.166. The Morgan fingerprint density at radius 3 is 2.68 bits per heavy atom. The molecule has 0 spiro atoms. The average molecular weight is 259 g/mol. The van der Waals surface area contributed by atoms with Gasteiger partial charge >= 0.3 is 0 Å². The monoisotopic (exact) mass is 259 g/mol. The van der Waals surface area contributed by atoms with E-state index in [0.717, 1.165) is 25.6 Å². The highest BCUT2D eigenvalue weighted by Crippen LogP contribution is 2.31. The van der Waals surface area contributed by atoms with Crippen molar-refractivity contribution < 1.29 is 0 Å². The molecule has 2 fully saturated rings. The summed E-state index contributed by atoms with van der Waals surface area (Å²) in [5.74, 6) is 6.33. The van der Waals surface area contributed by atoms with Gasteiger partial charge in [-0.05, 0) is 12.0 Å². The molecular weight excluding hydrogens is 238 g/mol. The molecule has 2 heterocycles. The van der Waals surface area contributed by atoms with Gasteiger partial charge in [0.2, 0.25) is 5.96 Å². The van der Waals surface area contributed by atoms with Gasteiger partial charge in [-0.25, -0.2) is 5.84 Å². The quantitative estimate of drug-likeness (QED) is 0.349. The van der Waals surface area contributed by atoms with Crippen LogP contribution >= 0.6 is 0 Å². The predicted molar refractivity (Wildman–Crippen MR) is 76.4 cm³/mol. The number of likely N-dealkylation sites (tertiary alicyclic amines) is 2. The first-order valence-corrected chi connectivity index (χ1v) is 6.80. The number of nitrogens with two attached hydrogens (primary N) is 1. The van der Waals surface area contributed by atoms with E-state index in [9.17, 15) is 0 Å². The number of nitrogens with zero attached hydrogens (tertiary/aromatic N) is 3. The van der Waals surface area contributed by atoms with Gasteiger partial charge in [0.25, 0.3) is 0 Å². The SMILES string of the molecule is CN=C(NN)N1CC2CC1CN2Cc1ccccc1. The zero-order valence-corrected chi connectivity index (χ0v) is 11.3. The molecule has 2 bridgehead atoms. The number of hydrazine groups is 1. The highest BCUT2D eigenvalue weighted by Gasteiger charge is 2.44. The van der Waals surface area contributed by atoms with Crippen LogP contribution in [0.2, 0.25) is 0 Å². The Morgan fingerprint density at radius 2 is 2.11 bits per heavy atom. The summed E-state index contributed by atoms with van der Waals surface area (Å²) < 4.78 is 0. The Labute approximate surface area is 114 Å². The van der Waals surface area contributed by atoms with Gasteiger partial charge in [-0.15, -0.1) is 0 Å². The van der Waals surface area contributed by atoms with Crippen LogP contribution in [0.25, 0.3) is 0 Å². The highest BCUT2D eigenvalue weighted by molar-refractivity contribution is 5.80. The third-order valence-electron chi connectivity index (χ3n) is 4.20. The normalized spacial score (nSPS) is 27.1. The van der Waals surface area contributed by atoms with Crippen molar-refractivity contribution in [1.82, 2.24) is 15.2 Å². The first-order chi connectivity index (χ1) is 9.31. The number of hydrogen-bond donors (Lipinski definition) is 2. The predicted octanol–water partition coefficient (Wildman–Crippen LogP) is 0.394. The van der Waals surface area contributed by atoms with Gasteiger partial charge < -0.3 is 4.90 Å². The molecule has 1 aromatic carbocycles. The lowest BCUT2D eigenvalue weighted by Gasteiger charge is -2.35. The average Bonchev–Trinajstić information content (AvgIpc) is 3.01. The number of guanidine groups is 1. The Hall–Kier alpha value is -1.59. The van der Waals surface area contributed by atoms with Gasteiger partial charge in [-0.2, -0.15) is 0 Å². The molecule has 2 aliphatic rings. The molecule has 0 aromatic heterocycles. The van der Waals surface area contributed by atoms with Gasteiger partial charge in [0, 0.05) is 38.8 Å². The number of aliphatic imine (C=N–C) groups is 1. The fourth-order valence-corrected chi connectivity index (χ4v) is 3.30. The second kappa shape index (κ2) is 5.19. The minimum Gasteiger partial charge on any atom is -0.336 e. The van der Waals surface area contributed by atoms with Crippen molar-refractivity contribution in [3.05, 3.63) is 35.9 Å². The molecule has 3 rings (SSSR count). The van der Waals surface area contributed by atoms with Crippen molar-refractivity contribution in [2.24, 2.45) is 10.8 Å². The second-order valence-electron chi connectivity index (χ2n) is 5.30. The zero-order chi connectivity index (χ0) is 13.2. The van der Waals surface area contributed by atoms with Crippen molar-refractivity contribution in [3.8, 4) is 0 Å². The molecular formula is C14H21N5. The molecule has 2 saturated heterocycles. The maximum atomic E-state index is 5.52. The summed E-state index contributed by atoms with van der Waals surface area (Å²) in [6.45, 7) is 3.17. The van der Waals surface area contributed by atoms with Crippen molar-refractivity contribution in [1.29, 1.82) is 0 Å². The van der Waals surface area contributed by atoms with Gasteiger partial charge in [-0.1, -0.05) is 30.3 Å². The molecule has 5 heteroatoms. The number of hydrogen-bond acceptors (Lipinski definition) is 3. The standard InChI is InChI=1S/C14H21N5/c1-16-14(17-15)19-10-12-7-13(19)9-18(12)8-11-5-3-2-4-6-11/h2-6,12-13H,7-10,15H2,1H3,(H,16,17). The van der Waals surface area contributed by atoms with E-state index in [4.69, 9.17) is 5.84 Å². The van der Waals surface area contributed by atoms with Crippen LogP contribution in [0, 0.1) is 0 Å². The highest BCUT2D eigenvalue weighted by atomic mass is 15.5. The largest absolute Gasteiger partial charge is 0.336 e. The molecule has 102 valence electrons. The summed E-state index contributed by atoms with van der Waals surface area (Å²) in [4.78, 5) is 9.07. The molecule has 2 aliphatic heterocycles. The Morgan fingerprint density at radius 1 is 1.32 bits per heavy atom. The molecule has 2 atom stereocenters. The van der Waals surface area contributed by atoms with Gasteiger partial charge in [0.1, 0.15) is 0 Å². The minimum absolute atomic E-state index is 0.545. The van der Waals surface area contributed by atoms with Crippen molar-refractivity contribution >= 4 is 5.96 Å². The van der Waals surface area contributed by atoms with Crippen LogP contribution in [0.15, 0.2) is 35.3 Å². The van der Waals surface area contributed by atoms with Gasteiger partial charge in [-0.3, -0.25) is 15.3 Å². The first kappa shape index (κ1) is 12.4. The molecule has 0 saturated carbocycles. The molecule has 3 N–H and O–H groups in total. The number of rotatable bonds is 2. The number of piperazine rings is 1. The van der Waals surface area contributed by atoms with E-state index in [1.165, 1.54) is 12.0 Å². The first-order valence-electron chi connectivity index (χ1n) is 6.80. The van der Waals surface area contributed by atoms with E-state index in [1.54, 1.807) is 7.05 Å². The maximum absolute atomic E-state index is 5.52. The van der Waals surface area contributed by atoms with Crippen LogP contribution in [-0.4, -0.2) is 48.0 Å². The number of benzene rings is 1. The van der Waals surface area contributed by atoms with Gasteiger partial charge in [0.05, 0.1) is 0 Å². The molecule has 5 nitrogen and oxygen atoms in total. The number of fused-ring (bicyclic) bond motifs is 2. The van der Waals surface area contributed by atoms with Crippen molar-refractivity contribution in [2.45, 2.75) is 25.0 Å². The lowest BCUT2D eigenvalue weighted by Crippen LogP contribution is -2.53. The van der Waals surface area contributed by atoms with Crippen LogP contribution < -0.4 is 11.3 Å². The smallest absolute Gasteiger partial charge is 0.208 e. The summed E-state index contributed by atoms with van der Waals surface area (Å²) in [6, 6.07) is 11.8. The fourth-order valence-electron chi connectivity index (χ4n) is 3.30. The Bertz CT molecular complexity index is 458. The zero-order valence-electron chi connectivity index (χ0n) is 11.3. The van der Waals surface area contributed by atoms with Crippen molar-refractivity contribution in [3.63, 3.8) is 0 Å². The molecule has 1 aromatic rings. The van der Waals surface area contributed by atoms with E-state index in [0.29, 0.717) is 12.1 Å². The summed E-state index contributed by atoms with van der Waals surface area (Å²) in [6.07, 6.45) is 1.22. The second-order valence-corrected chi connectivity index (χ2v) is 5.30. The van der Waals surface area contributed by atoms with Crippen LogP contribution in [-0.2, 0) is 6.54 Å². The summed E-state index contributed by atoms with van der Waals surface area (Å²) >= 11 is 0. The van der Waals surface area contributed by atoms with Crippen LogP contribution in [0.4, 0.5) is 0 Å². The maximum Gasteiger partial charge on any atom is 0.208 e. The molecule has 2 unspecified atom stereocenters. The summed E-state index contributed by atoms with van der Waals surface area (Å²) in [7, 11) is 1.78. The third kappa shape index (κ3) is 2.31. The third-order valence-corrected chi connectivity index (χ3v) is 4.20. The lowest BCUT2D eigenvalue weighted by atomic mass is 10.2. The fraction of sp³-hybridized carbons (Fsp3) is 0.500. The molecule has 19 heavy (non-hydrogen) atoms. The van der Waals surface area contributed by atoms with E-state index in [1.807, 2.05) is 0 Å². The van der Waals surface area contributed by atoms with Gasteiger partial charge in [0.15, 0.2) is 0 Å². The topological polar surface area (TPSA) is 56.9 Å². The number of nitrogens with one attached hydrogen (secondary N) is 1. The van der Waals surface area contributed by atoms with E-state index in [2.05, 4.69) is 50.5 Å². The van der Waals surface area contributed by atoms with Crippen LogP contribution in [0.5, 0.6) is 0 Å².